The lowest BCUT2D eigenvalue weighted by molar-refractivity contribution is -0.122. The van der Waals surface area contributed by atoms with Gasteiger partial charge in [0.15, 0.2) is 0 Å². The van der Waals surface area contributed by atoms with Crippen LogP contribution in [0.2, 0.25) is 0 Å². The van der Waals surface area contributed by atoms with E-state index in [1.54, 1.807) is 31.2 Å². The van der Waals surface area contributed by atoms with Gasteiger partial charge >= 0.3 is 0 Å². The van der Waals surface area contributed by atoms with Gasteiger partial charge in [0.2, 0.25) is 11.8 Å². The number of fused-ring (bicyclic) bond motifs is 1. The Hall–Kier alpha value is -2.87. The predicted octanol–water partition coefficient (Wildman–Crippen LogP) is 3.83. The Bertz CT molecular complexity index is 1140. The highest BCUT2D eigenvalue weighted by molar-refractivity contribution is 7.92. The minimum atomic E-state index is -3.83. The second kappa shape index (κ2) is 8.34. The summed E-state index contributed by atoms with van der Waals surface area (Å²) < 4.78 is 28.6. The molecular formula is C23H27N3O4S. The maximum atomic E-state index is 13.0. The van der Waals surface area contributed by atoms with Crippen LogP contribution in [0.4, 0.5) is 17.1 Å². The van der Waals surface area contributed by atoms with Crippen molar-refractivity contribution >= 4 is 38.9 Å². The summed E-state index contributed by atoms with van der Waals surface area (Å²) >= 11 is 0. The largest absolute Gasteiger partial charge is 0.326 e. The average molecular weight is 442 g/mol. The van der Waals surface area contributed by atoms with Crippen molar-refractivity contribution in [1.29, 1.82) is 0 Å². The number of nitrogens with one attached hydrogen (secondary N) is 2. The summed E-state index contributed by atoms with van der Waals surface area (Å²) in [5.41, 5.74) is 3.36. The Kier molecular flexibility index (Phi) is 5.75. The fraction of sp³-hybridized carbons (Fsp3) is 0.391. The molecule has 0 unspecified atom stereocenters. The predicted molar refractivity (Wildman–Crippen MR) is 121 cm³/mol. The number of anilines is 3. The number of nitrogens with zero attached hydrogens (tertiary/aromatic N) is 1. The Balaban J connectivity index is 1.57. The molecule has 2 aliphatic rings. The van der Waals surface area contributed by atoms with Gasteiger partial charge in [0.05, 0.1) is 10.6 Å². The normalized spacial score (nSPS) is 16.3. The highest BCUT2D eigenvalue weighted by Gasteiger charge is 2.32. The molecule has 0 bridgehead atoms. The molecule has 0 aromatic heterocycles. The van der Waals surface area contributed by atoms with E-state index in [0.29, 0.717) is 23.5 Å². The quantitative estimate of drug-likeness (QED) is 0.737. The van der Waals surface area contributed by atoms with E-state index in [2.05, 4.69) is 10.0 Å². The molecule has 2 aromatic rings. The first-order chi connectivity index (χ1) is 14.7. The van der Waals surface area contributed by atoms with Crippen molar-refractivity contribution in [2.45, 2.75) is 50.8 Å². The van der Waals surface area contributed by atoms with E-state index in [4.69, 9.17) is 0 Å². The van der Waals surface area contributed by atoms with Crippen LogP contribution in [0.25, 0.3) is 0 Å². The summed E-state index contributed by atoms with van der Waals surface area (Å²) in [5.74, 6) is 0.0136. The SMILES string of the molecule is CC(=O)Nc1ccc(S(=O)(=O)Nc2ccc3c(c2)N(C(=O)C2CCCC2)CC3)c(C)c1. The molecule has 1 fully saturated rings. The lowest BCUT2D eigenvalue weighted by atomic mass is 10.1. The maximum absolute atomic E-state index is 13.0. The molecule has 2 N–H and O–H groups in total. The highest BCUT2D eigenvalue weighted by atomic mass is 32.2. The van der Waals surface area contributed by atoms with Crippen LogP contribution in [-0.2, 0) is 26.0 Å². The van der Waals surface area contributed by atoms with Crippen LogP contribution in [0.1, 0.15) is 43.7 Å². The Labute approximate surface area is 182 Å². The van der Waals surface area contributed by atoms with Gasteiger partial charge in [-0.1, -0.05) is 18.9 Å². The van der Waals surface area contributed by atoms with Gasteiger partial charge < -0.3 is 10.2 Å². The minimum Gasteiger partial charge on any atom is -0.326 e. The molecule has 31 heavy (non-hydrogen) atoms. The van der Waals surface area contributed by atoms with Gasteiger partial charge in [0.1, 0.15) is 0 Å². The molecule has 1 saturated carbocycles. The molecule has 1 aliphatic heterocycles. The molecule has 7 nitrogen and oxygen atoms in total. The molecule has 1 heterocycles. The number of sulfonamides is 1. The van der Waals surface area contributed by atoms with E-state index in [0.717, 1.165) is 43.4 Å². The maximum Gasteiger partial charge on any atom is 0.262 e. The smallest absolute Gasteiger partial charge is 0.262 e. The van der Waals surface area contributed by atoms with Gasteiger partial charge in [0.25, 0.3) is 10.0 Å². The Morgan fingerprint density at radius 1 is 1.03 bits per heavy atom. The fourth-order valence-electron chi connectivity index (χ4n) is 4.51. The zero-order chi connectivity index (χ0) is 22.2. The minimum absolute atomic E-state index is 0.0797. The molecule has 2 aromatic carbocycles. The first kappa shape index (κ1) is 21.4. The molecule has 0 saturated heterocycles. The van der Waals surface area contributed by atoms with Crippen LogP contribution in [0.15, 0.2) is 41.3 Å². The van der Waals surface area contributed by atoms with Crippen molar-refractivity contribution in [3.8, 4) is 0 Å². The van der Waals surface area contributed by atoms with E-state index in [9.17, 15) is 18.0 Å². The van der Waals surface area contributed by atoms with Crippen LogP contribution >= 0.6 is 0 Å². The van der Waals surface area contributed by atoms with Crippen LogP contribution in [-0.4, -0.2) is 26.8 Å². The molecule has 0 spiro atoms. The molecule has 8 heteroatoms. The Morgan fingerprint density at radius 2 is 1.74 bits per heavy atom. The van der Waals surface area contributed by atoms with Crippen molar-refractivity contribution in [2.75, 3.05) is 21.5 Å². The first-order valence-corrected chi connectivity index (χ1v) is 12.1. The van der Waals surface area contributed by atoms with Gasteiger partial charge in [-0.05, 0) is 67.6 Å². The third-order valence-corrected chi connectivity index (χ3v) is 7.53. The second-order valence-corrected chi connectivity index (χ2v) is 9.98. The van der Waals surface area contributed by atoms with Crippen molar-refractivity contribution in [1.82, 2.24) is 0 Å². The second-order valence-electron chi connectivity index (χ2n) is 8.33. The zero-order valence-corrected chi connectivity index (χ0v) is 18.6. The summed E-state index contributed by atoms with van der Waals surface area (Å²) in [4.78, 5) is 26.1. The van der Waals surface area contributed by atoms with E-state index in [1.807, 2.05) is 11.0 Å². The van der Waals surface area contributed by atoms with Gasteiger partial charge in [-0.2, -0.15) is 0 Å². The number of carbonyl (C=O) groups is 2. The van der Waals surface area contributed by atoms with Gasteiger partial charge in [-0.25, -0.2) is 8.42 Å². The number of rotatable bonds is 5. The van der Waals surface area contributed by atoms with E-state index < -0.39 is 10.0 Å². The van der Waals surface area contributed by atoms with Crippen LogP contribution in [0.3, 0.4) is 0 Å². The van der Waals surface area contributed by atoms with E-state index in [1.165, 1.54) is 13.0 Å². The molecular weight excluding hydrogens is 414 g/mol. The molecule has 1 aliphatic carbocycles. The number of aryl methyl sites for hydroxylation is 1. The van der Waals surface area contributed by atoms with Gasteiger partial charge in [-0.3, -0.25) is 14.3 Å². The van der Waals surface area contributed by atoms with E-state index in [-0.39, 0.29) is 22.6 Å². The number of amides is 2. The Morgan fingerprint density at radius 3 is 2.42 bits per heavy atom. The lowest BCUT2D eigenvalue weighted by Crippen LogP contribution is -2.33. The van der Waals surface area contributed by atoms with E-state index >= 15 is 0 Å². The molecule has 0 radical (unpaired) electrons. The third kappa shape index (κ3) is 4.44. The summed E-state index contributed by atoms with van der Waals surface area (Å²) in [6.45, 7) is 3.73. The lowest BCUT2D eigenvalue weighted by Gasteiger charge is -2.22. The van der Waals surface area contributed by atoms with Crippen LogP contribution < -0.4 is 14.9 Å². The zero-order valence-electron chi connectivity index (χ0n) is 17.8. The first-order valence-electron chi connectivity index (χ1n) is 10.6. The van der Waals surface area contributed by atoms with Crippen molar-refractivity contribution < 1.29 is 18.0 Å². The number of benzene rings is 2. The molecule has 164 valence electrons. The fourth-order valence-corrected chi connectivity index (χ4v) is 5.78. The summed E-state index contributed by atoms with van der Waals surface area (Å²) in [6.07, 6.45) is 4.84. The van der Waals surface area contributed by atoms with Crippen molar-refractivity contribution in [3.63, 3.8) is 0 Å². The monoisotopic (exact) mass is 441 g/mol. The van der Waals surface area contributed by atoms with Crippen LogP contribution in [0, 0.1) is 12.8 Å². The number of carbonyl (C=O) groups excluding carboxylic acids is 2. The molecule has 0 atom stereocenters. The third-order valence-electron chi connectivity index (χ3n) is 5.99. The van der Waals surface area contributed by atoms with Crippen LogP contribution in [0.5, 0.6) is 0 Å². The number of hydrogen-bond donors (Lipinski definition) is 2. The standard InChI is InChI=1S/C23H27N3O4S/c1-15-13-19(24-16(2)27)9-10-22(15)31(29,30)25-20-8-7-17-11-12-26(21(17)14-20)23(28)18-5-3-4-6-18/h7-10,13-14,18,25H,3-6,11-12H2,1-2H3,(H,24,27). The van der Waals surface area contributed by atoms with Gasteiger partial charge in [0, 0.05) is 30.8 Å². The average Bonchev–Trinajstić information content (AvgIpc) is 3.36. The van der Waals surface area contributed by atoms with Crippen molar-refractivity contribution in [2.24, 2.45) is 5.92 Å². The summed E-state index contributed by atoms with van der Waals surface area (Å²) in [5, 5.41) is 2.65. The number of hydrogen-bond acceptors (Lipinski definition) is 4. The summed E-state index contributed by atoms with van der Waals surface area (Å²) in [6, 6.07) is 10.1. The molecule has 4 rings (SSSR count). The van der Waals surface area contributed by atoms with Gasteiger partial charge in [-0.15, -0.1) is 0 Å². The topological polar surface area (TPSA) is 95.6 Å². The van der Waals surface area contributed by atoms with Crippen molar-refractivity contribution in [3.05, 3.63) is 47.5 Å². The summed E-state index contributed by atoms with van der Waals surface area (Å²) in [7, 11) is -3.83. The highest BCUT2D eigenvalue weighted by Crippen LogP contribution is 2.35. The molecule has 2 amide bonds.